The van der Waals surface area contributed by atoms with E-state index in [-0.39, 0.29) is 11.7 Å². The highest BCUT2D eigenvalue weighted by Gasteiger charge is 2.23. The van der Waals surface area contributed by atoms with Gasteiger partial charge in [0, 0.05) is 56.1 Å². The Kier molecular flexibility index (Phi) is 6.34. The molecule has 5 rings (SSSR count). The molecule has 4 heterocycles. The molecule has 34 heavy (non-hydrogen) atoms. The van der Waals surface area contributed by atoms with Crippen LogP contribution in [0.15, 0.2) is 47.5 Å². The predicted octanol–water partition coefficient (Wildman–Crippen LogP) is 3.63. The van der Waals surface area contributed by atoms with Crippen LogP contribution in [0.4, 0.5) is 0 Å². The topological polar surface area (TPSA) is 74.4 Å². The SMILES string of the molecule is CN(C)CCCOc1ccc(-c2ccc3ncc4c(c3c2)n(C2CCOCC2)c(=O)n4[11CH3])cn1. The molecule has 0 spiro atoms. The van der Waals surface area contributed by atoms with Crippen molar-refractivity contribution in [3.05, 3.63) is 53.2 Å². The highest BCUT2D eigenvalue weighted by Crippen LogP contribution is 2.32. The van der Waals surface area contributed by atoms with E-state index in [2.05, 4.69) is 41.1 Å². The van der Waals surface area contributed by atoms with Gasteiger partial charge in [0.15, 0.2) is 0 Å². The van der Waals surface area contributed by atoms with Crippen molar-refractivity contribution in [2.45, 2.75) is 25.3 Å². The third kappa shape index (κ3) is 4.31. The Hall–Kier alpha value is -3.23. The third-order valence-corrected chi connectivity index (χ3v) is 6.54. The highest BCUT2D eigenvalue weighted by molar-refractivity contribution is 6.04. The minimum absolute atomic E-state index is 0.000891. The maximum absolute atomic E-state index is 13.2. The van der Waals surface area contributed by atoms with Gasteiger partial charge in [-0.2, -0.15) is 0 Å². The first-order valence-corrected chi connectivity index (χ1v) is 11.8. The molecule has 1 aromatic carbocycles. The van der Waals surface area contributed by atoms with Crippen LogP contribution < -0.4 is 10.4 Å². The summed E-state index contributed by atoms with van der Waals surface area (Å²) >= 11 is 0. The third-order valence-electron chi connectivity index (χ3n) is 6.54. The molecule has 0 radical (unpaired) electrons. The number of aromatic nitrogens is 4. The molecule has 0 saturated carbocycles. The van der Waals surface area contributed by atoms with Crippen molar-refractivity contribution < 1.29 is 9.47 Å². The molecule has 0 atom stereocenters. The number of ether oxygens (including phenoxy) is 2. The van der Waals surface area contributed by atoms with Gasteiger partial charge in [-0.3, -0.25) is 14.1 Å². The van der Waals surface area contributed by atoms with Crippen LogP contribution in [-0.2, 0) is 11.8 Å². The van der Waals surface area contributed by atoms with Gasteiger partial charge < -0.3 is 14.4 Å². The molecule has 1 fully saturated rings. The maximum atomic E-state index is 13.2. The van der Waals surface area contributed by atoms with Crippen LogP contribution in [-0.4, -0.2) is 64.5 Å². The van der Waals surface area contributed by atoms with E-state index >= 15 is 0 Å². The molecule has 8 nitrogen and oxygen atoms in total. The van der Waals surface area contributed by atoms with E-state index in [1.807, 2.05) is 36.0 Å². The van der Waals surface area contributed by atoms with E-state index in [1.165, 1.54) is 0 Å². The van der Waals surface area contributed by atoms with Crippen LogP contribution in [0, 0.1) is 0 Å². The molecule has 0 aliphatic carbocycles. The van der Waals surface area contributed by atoms with Gasteiger partial charge in [0.25, 0.3) is 0 Å². The molecule has 1 aliphatic heterocycles. The fraction of sp³-hybridized carbons (Fsp3) is 0.423. The minimum Gasteiger partial charge on any atom is -0.478 e. The molecule has 8 heteroatoms. The molecule has 3 aromatic heterocycles. The van der Waals surface area contributed by atoms with Crippen LogP contribution in [0.2, 0.25) is 0 Å². The second-order valence-electron chi connectivity index (χ2n) is 9.17. The molecule has 0 bridgehead atoms. The smallest absolute Gasteiger partial charge is 0.329 e. The summed E-state index contributed by atoms with van der Waals surface area (Å²) in [5.41, 5.74) is 4.69. The van der Waals surface area contributed by atoms with Crippen LogP contribution in [0.5, 0.6) is 5.88 Å². The van der Waals surface area contributed by atoms with Gasteiger partial charge in [0.2, 0.25) is 5.88 Å². The van der Waals surface area contributed by atoms with E-state index < -0.39 is 0 Å². The second kappa shape index (κ2) is 9.56. The van der Waals surface area contributed by atoms with Crippen molar-refractivity contribution in [1.29, 1.82) is 0 Å². The van der Waals surface area contributed by atoms with Gasteiger partial charge in [0.05, 0.1) is 29.4 Å². The normalized spacial score (nSPS) is 14.9. The first-order chi connectivity index (χ1) is 16.5. The summed E-state index contributed by atoms with van der Waals surface area (Å²) in [6.45, 7) is 2.98. The van der Waals surface area contributed by atoms with Crippen LogP contribution in [0.1, 0.15) is 25.3 Å². The summed E-state index contributed by atoms with van der Waals surface area (Å²) in [5, 5.41) is 0.975. The fourth-order valence-electron chi connectivity index (χ4n) is 4.68. The zero-order chi connectivity index (χ0) is 23.7. The summed E-state index contributed by atoms with van der Waals surface area (Å²) in [5.74, 6) is 0.628. The minimum atomic E-state index is -0.000891. The lowest BCUT2D eigenvalue weighted by atomic mass is 10.0. The van der Waals surface area contributed by atoms with Crippen molar-refractivity contribution in [2.24, 2.45) is 7.05 Å². The molecular formula is C26H31N5O3. The van der Waals surface area contributed by atoms with E-state index in [1.54, 1.807) is 10.8 Å². The number of nitrogens with zero attached hydrogens (tertiary/aromatic N) is 5. The number of rotatable bonds is 7. The molecule has 4 aromatic rings. The summed E-state index contributed by atoms with van der Waals surface area (Å²) in [7, 11) is 5.93. The zero-order valence-corrected chi connectivity index (χ0v) is 20.0. The van der Waals surface area contributed by atoms with Crippen molar-refractivity contribution in [1.82, 2.24) is 24.0 Å². The fourth-order valence-corrected chi connectivity index (χ4v) is 4.68. The second-order valence-corrected chi connectivity index (χ2v) is 9.17. The molecule has 1 saturated heterocycles. The monoisotopic (exact) mass is 460 g/mol. The van der Waals surface area contributed by atoms with Crippen molar-refractivity contribution in [3.8, 4) is 17.0 Å². The highest BCUT2D eigenvalue weighted by atomic mass is 16.5. The van der Waals surface area contributed by atoms with E-state index in [0.29, 0.717) is 25.7 Å². The van der Waals surface area contributed by atoms with Gasteiger partial charge in [-0.25, -0.2) is 9.78 Å². The zero-order valence-electron chi connectivity index (χ0n) is 20.0. The number of aryl methyl sites for hydroxylation is 1. The molecule has 0 unspecified atom stereocenters. The Morgan fingerprint density at radius 3 is 2.62 bits per heavy atom. The molecule has 178 valence electrons. The average Bonchev–Trinajstić information content (AvgIpc) is 3.12. The largest absolute Gasteiger partial charge is 0.478 e. The Balaban J connectivity index is 1.51. The molecule has 0 amide bonds. The van der Waals surface area contributed by atoms with Gasteiger partial charge in [-0.1, -0.05) is 6.07 Å². The first-order valence-electron chi connectivity index (χ1n) is 11.8. The molecule has 1 aliphatic rings. The average molecular weight is 461 g/mol. The Morgan fingerprint density at radius 2 is 1.88 bits per heavy atom. The summed E-state index contributed by atoms with van der Waals surface area (Å²) < 4.78 is 15.0. The number of benzene rings is 1. The van der Waals surface area contributed by atoms with Crippen LogP contribution >= 0.6 is 0 Å². The summed E-state index contributed by atoms with van der Waals surface area (Å²) in [4.78, 5) is 24.5. The van der Waals surface area contributed by atoms with E-state index in [0.717, 1.165) is 58.9 Å². The Labute approximate surface area is 198 Å². The Bertz CT molecular complexity index is 1350. The number of fused-ring (bicyclic) bond motifs is 3. The molecule has 0 N–H and O–H groups in total. The van der Waals surface area contributed by atoms with Gasteiger partial charge in [-0.05, 0) is 57.1 Å². The lowest BCUT2D eigenvalue weighted by Crippen LogP contribution is -2.29. The Morgan fingerprint density at radius 1 is 1.09 bits per heavy atom. The van der Waals surface area contributed by atoms with E-state index in [4.69, 9.17) is 9.47 Å². The van der Waals surface area contributed by atoms with Gasteiger partial charge in [0.1, 0.15) is 0 Å². The van der Waals surface area contributed by atoms with Crippen LogP contribution in [0.3, 0.4) is 0 Å². The number of imidazole rings is 1. The number of pyridine rings is 2. The van der Waals surface area contributed by atoms with Gasteiger partial charge >= 0.3 is 5.69 Å². The van der Waals surface area contributed by atoms with Crippen molar-refractivity contribution in [3.63, 3.8) is 0 Å². The quantitative estimate of drug-likeness (QED) is 0.392. The van der Waals surface area contributed by atoms with Crippen molar-refractivity contribution in [2.75, 3.05) is 40.5 Å². The number of hydrogen-bond donors (Lipinski definition) is 0. The number of hydrogen-bond acceptors (Lipinski definition) is 6. The first kappa shape index (κ1) is 22.6. The standard InChI is InChI=1S/C26H31N5O3/c1-29(2)11-4-12-34-24-8-6-19(16-28-24)18-5-7-22-21(15-18)25-23(17-27-22)30(3)26(32)31(25)20-9-13-33-14-10-20/h5-8,15-17,20H,4,9-14H2,1-3H3/i3-1. The summed E-state index contributed by atoms with van der Waals surface area (Å²) in [6, 6.07) is 10.3. The predicted molar refractivity (Wildman–Crippen MR) is 133 cm³/mol. The van der Waals surface area contributed by atoms with Gasteiger partial charge in [-0.15, -0.1) is 0 Å². The van der Waals surface area contributed by atoms with E-state index in [9.17, 15) is 4.79 Å². The lowest BCUT2D eigenvalue weighted by Gasteiger charge is -2.23. The van der Waals surface area contributed by atoms with Crippen molar-refractivity contribution >= 4 is 21.9 Å². The summed E-state index contributed by atoms with van der Waals surface area (Å²) in [6.07, 6.45) is 6.27. The van der Waals surface area contributed by atoms with Crippen LogP contribution in [0.25, 0.3) is 33.1 Å². The molecular weight excluding hydrogens is 429 g/mol. The lowest BCUT2D eigenvalue weighted by molar-refractivity contribution is 0.0697. The maximum Gasteiger partial charge on any atom is 0.329 e.